The predicted molar refractivity (Wildman–Crippen MR) is 77.5 cm³/mol. The summed E-state index contributed by atoms with van der Waals surface area (Å²) in [6.45, 7) is 6.02. The van der Waals surface area contributed by atoms with Gasteiger partial charge in [-0.25, -0.2) is 0 Å². The Morgan fingerprint density at radius 1 is 1.19 bits per heavy atom. The van der Waals surface area contributed by atoms with Gasteiger partial charge in [0.25, 0.3) is 0 Å². The first-order valence-corrected chi connectivity index (χ1v) is 12.9. The summed E-state index contributed by atoms with van der Waals surface area (Å²) in [5.41, 5.74) is 0. The van der Waals surface area contributed by atoms with Gasteiger partial charge < -0.3 is 0 Å². The minimum absolute atomic E-state index is 0.0356. The number of hydrogen-bond acceptors (Lipinski definition) is 3. The topological polar surface area (TPSA) is 35.5 Å². The average molecular weight is 506 g/mol. The molecule has 4 rings (SSSR count). The van der Waals surface area contributed by atoms with E-state index in [9.17, 15) is 4.79 Å². The van der Waals surface area contributed by atoms with Gasteiger partial charge in [0.05, 0.1) is 0 Å². The summed E-state index contributed by atoms with van der Waals surface area (Å²) < 4.78 is 11.6. The van der Waals surface area contributed by atoms with Gasteiger partial charge in [0, 0.05) is 0 Å². The number of carbonyl (C=O) groups is 1. The summed E-state index contributed by atoms with van der Waals surface area (Å²) in [5, 5.41) is 0. The molecule has 0 spiro atoms. The SMILES string of the molecule is CC[C](C)([RaH])C(=O)OC(C)OC1C2CC3CC(C2)CC1C3. The molecular formula is C17H28O3Ra. The second kappa shape index (κ2) is 6.42. The van der Waals surface area contributed by atoms with Gasteiger partial charge in [-0.2, -0.15) is 0 Å². The van der Waals surface area contributed by atoms with Crippen LogP contribution < -0.4 is 0 Å². The molecule has 4 fully saturated rings. The van der Waals surface area contributed by atoms with E-state index >= 15 is 0 Å². The molecular weight excluding hydrogens is 478 g/mol. The molecule has 2 unspecified atom stereocenters. The summed E-state index contributed by atoms with van der Waals surface area (Å²) in [7, 11) is 0. The molecule has 0 radical (unpaired) electrons. The predicted octanol–water partition coefficient (Wildman–Crippen LogP) is 3.59. The van der Waals surface area contributed by atoms with E-state index in [1.54, 1.807) is 0 Å². The van der Waals surface area contributed by atoms with Crippen LogP contribution in [0.4, 0.5) is 0 Å². The van der Waals surface area contributed by atoms with Crippen molar-refractivity contribution in [3.63, 3.8) is 0 Å². The van der Waals surface area contributed by atoms with Crippen LogP contribution in [0.15, 0.2) is 0 Å². The van der Waals surface area contributed by atoms with Crippen molar-refractivity contribution in [3.05, 3.63) is 0 Å². The Labute approximate surface area is 157 Å². The van der Waals surface area contributed by atoms with Gasteiger partial charge in [-0.05, 0) is 0 Å². The zero-order valence-corrected chi connectivity index (χ0v) is 22.2. The van der Waals surface area contributed by atoms with Crippen LogP contribution in [0.5, 0.6) is 0 Å². The molecule has 0 saturated heterocycles. The Kier molecular flexibility index (Phi) is 5.12. The Hall–Kier alpha value is 0.898. The fourth-order valence-corrected chi connectivity index (χ4v) is 5.29. The van der Waals surface area contributed by atoms with E-state index in [0.717, 1.165) is 30.1 Å². The average Bonchev–Trinajstić information content (AvgIpc) is 2.42. The third-order valence-electron chi connectivity index (χ3n) is 6.20. The molecule has 4 aliphatic rings. The quantitative estimate of drug-likeness (QED) is 0.423. The molecule has 4 saturated carbocycles. The van der Waals surface area contributed by atoms with Crippen molar-refractivity contribution in [2.75, 3.05) is 0 Å². The maximum absolute atomic E-state index is 12.2. The molecule has 116 valence electrons. The summed E-state index contributed by atoms with van der Waals surface area (Å²) in [6, 6.07) is 0. The molecule has 21 heavy (non-hydrogen) atoms. The molecule has 0 amide bonds. The molecule has 0 aliphatic heterocycles. The molecule has 4 heteroatoms. The van der Waals surface area contributed by atoms with Crippen LogP contribution in [-0.2, 0) is 14.3 Å². The second-order valence-corrected chi connectivity index (χ2v) is 17.3. The van der Waals surface area contributed by atoms with Gasteiger partial charge in [-0.3, -0.25) is 0 Å². The van der Waals surface area contributed by atoms with Gasteiger partial charge in [0.2, 0.25) is 0 Å². The minimum atomic E-state index is -0.375. The van der Waals surface area contributed by atoms with Crippen LogP contribution >= 0.6 is 0 Å². The summed E-state index contributed by atoms with van der Waals surface area (Å²) in [4.78, 5) is 12.2. The van der Waals surface area contributed by atoms with E-state index in [-0.39, 0.29) is 55.5 Å². The number of ether oxygens (including phenoxy) is 2. The Bertz CT molecular complexity index is 379. The van der Waals surface area contributed by atoms with E-state index < -0.39 is 0 Å². The standard InChI is InChI=1S/C17H27O3.Ra.H/c1-4-10(2)17(18)20-11(3)19-16-14-6-12-5-13(8-14)9-15(16)7-12;;/h11-16H,4-9H2,1-3H3;;. The van der Waals surface area contributed by atoms with Crippen molar-refractivity contribution >= 4 is 5.97 Å². The van der Waals surface area contributed by atoms with E-state index in [0.29, 0.717) is 6.10 Å². The molecule has 0 aromatic carbocycles. The molecule has 0 N–H and O–H groups in total. The maximum atomic E-state index is 12.2. The van der Waals surface area contributed by atoms with Gasteiger partial charge in [-0.1, -0.05) is 0 Å². The fourth-order valence-electron chi connectivity index (χ4n) is 4.80. The molecule has 2 atom stereocenters. The first-order valence-electron chi connectivity index (χ1n) is 8.75. The van der Waals surface area contributed by atoms with Crippen LogP contribution in [0.2, 0.25) is 0.456 Å². The van der Waals surface area contributed by atoms with Gasteiger partial charge >= 0.3 is 159 Å². The van der Waals surface area contributed by atoms with Gasteiger partial charge in [0.15, 0.2) is 0 Å². The Balaban J connectivity index is 1.56. The van der Waals surface area contributed by atoms with E-state index in [1.807, 2.05) is 13.8 Å². The Morgan fingerprint density at radius 2 is 1.71 bits per heavy atom. The number of esters is 1. The van der Waals surface area contributed by atoms with Crippen LogP contribution in [0.3, 0.4) is 0 Å². The molecule has 4 aliphatic carbocycles. The van der Waals surface area contributed by atoms with Gasteiger partial charge in [0.1, 0.15) is 0 Å². The van der Waals surface area contributed by atoms with E-state index in [1.165, 1.54) is 32.1 Å². The van der Waals surface area contributed by atoms with E-state index in [4.69, 9.17) is 9.47 Å². The molecule has 0 aromatic rings. The van der Waals surface area contributed by atoms with Crippen LogP contribution in [0.1, 0.15) is 59.3 Å². The van der Waals surface area contributed by atoms with Crippen molar-refractivity contribution in [2.45, 2.75) is 72.1 Å². The third kappa shape index (κ3) is 3.54. The number of rotatable bonds is 5. The zero-order chi connectivity index (χ0) is 15.2. The molecule has 0 heterocycles. The Morgan fingerprint density at radius 3 is 2.19 bits per heavy atom. The molecule has 4 bridgehead atoms. The van der Waals surface area contributed by atoms with Crippen LogP contribution in [0, 0.1) is 66.5 Å². The van der Waals surface area contributed by atoms with Crippen molar-refractivity contribution in [3.8, 4) is 0 Å². The second-order valence-electron chi connectivity index (χ2n) is 8.24. The normalized spacial score (nSPS) is 41.5. The molecule has 3 nitrogen and oxygen atoms in total. The van der Waals surface area contributed by atoms with Crippen molar-refractivity contribution in [2.24, 2.45) is 23.7 Å². The zero-order valence-electron chi connectivity index (χ0n) is 13.9. The van der Waals surface area contributed by atoms with Gasteiger partial charge in [-0.15, -0.1) is 0 Å². The monoisotopic (exact) mass is 506 g/mol. The van der Waals surface area contributed by atoms with Crippen molar-refractivity contribution in [1.29, 1.82) is 0 Å². The number of carbonyl (C=O) groups excluding carboxylic acids is 1. The van der Waals surface area contributed by atoms with Crippen LogP contribution in [-0.4, -0.2) is 18.4 Å². The summed E-state index contributed by atoms with van der Waals surface area (Å²) >= 11 is 0.103. The fraction of sp³-hybridized carbons (Fsp3) is 0.941. The van der Waals surface area contributed by atoms with Crippen molar-refractivity contribution in [1.82, 2.24) is 0 Å². The summed E-state index contributed by atoms with van der Waals surface area (Å²) in [6.07, 6.45) is 7.69. The van der Waals surface area contributed by atoms with Crippen LogP contribution in [0.25, 0.3) is 0 Å². The number of hydrogen-bond donors (Lipinski definition) is 0. The van der Waals surface area contributed by atoms with E-state index in [2.05, 4.69) is 6.92 Å². The third-order valence-corrected chi connectivity index (χ3v) is 10.8. The molecule has 0 aromatic heterocycles. The van der Waals surface area contributed by atoms with Crippen molar-refractivity contribution < 1.29 is 57.1 Å². The first kappa shape index (κ1) is 16.7. The first-order chi connectivity index (χ1) is 9.89. The summed E-state index contributed by atoms with van der Waals surface area (Å²) in [5.74, 6) is 3.33.